The van der Waals surface area contributed by atoms with Crippen molar-refractivity contribution in [2.75, 3.05) is 18.0 Å². The van der Waals surface area contributed by atoms with Crippen LogP contribution in [0, 0.1) is 17.5 Å². The molecule has 2 rings (SSSR count). The molecule has 0 amide bonds. The van der Waals surface area contributed by atoms with E-state index in [9.17, 15) is 13.2 Å². The van der Waals surface area contributed by atoms with Crippen molar-refractivity contribution in [3.05, 3.63) is 29.6 Å². The zero-order valence-electron chi connectivity index (χ0n) is 10.5. The van der Waals surface area contributed by atoms with Gasteiger partial charge in [-0.2, -0.15) is 0 Å². The predicted octanol–water partition coefficient (Wildman–Crippen LogP) is 2.68. The van der Waals surface area contributed by atoms with Gasteiger partial charge >= 0.3 is 0 Å². The standard InChI is InChI=1S/C13H17F3N2/c1-3-9-6-17-8(2)7-18(9)13-5-11(15)10(14)4-12(13)16/h4-5,8-9,17H,3,6-7H2,1-2H3. The van der Waals surface area contributed by atoms with Crippen LogP contribution in [0.2, 0.25) is 0 Å². The summed E-state index contributed by atoms with van der Waals surface area (Å²) in [6.07, 6.45) is 0.818. The average molecular weight is 258 g/mol. The van der Waals surface area contributed by atoms with Crippen LogP contribution in [-0.2, 0) is 0 Å². The van der Waals surface area contributed by atoms with E-state index in [0.717, 1.165) is 19.0 Å². The monoisotopic (exact) mass is 258 g/mol. The van der Waals surface area contributed by atoms with Crippen LogP contribution in [0.1, 0.15) is 20.3 Å². The minimum Gasteiger partial charge on any atom is -0.363 e. The van der Waals surface area contributed by atoms with E-state index in [-0.39, 0.29) is 17.8 Å². The Hall–Kier alpha value is -1.23. The molecule has 1 N–H and O–H groups in total. The Bertz CT molecular complexity index is 436. The summed E-state index contributed by atoms with van der Waals surface area (Å²) in [5, 5.41) is 3.30. The molecule has 5 heteroatoms. The molecule has 1 aromatic carbocycles. The molecule has 0 radical (unpaired) electrons. The van der Waals surface area contributed by atoms with Gasteiger partial charge in [0.05, 0.1) is 5.69 Å². The predicted molar refractivity (Wildman–Crippen MR) is 65.2 cm³/mol. The average Bonchev–Trinajstić information content (AvgIpc) is 2.34. The van der Waals surface area contributed by atoms with Gasteiger partial charge in [0.1, 0.15) is 5.82 Å². The van der Waals surface area contributed by atoms with Crippen molar-refractivity contribution in [3.8, 4) is 0 Å². The number of hydrogen-bond donors (Lipinski definition) is 1. The second-order valence-corrected chi connectivity index (χ2v) is 4.74. The minimum atomic E-state index is -1.15. The van der Waals surface area contributed by atoms with E-state index >= 15 is 0 Å². The zero-order chi connectivity index (χ0) is 13.3. The molecule has 2 unspecified atom stereocenters. The molecule has 0 aromatic heterocycles. The molecule has 0 aliphatic carbocycles. The second-order valence-electron chi connectivity index (χ2n) is 4.74. The number of hydrogen-bond acceptors (Lipinski definition) is 2. The van der Waals surface area contributed by atoms with Gasteiger partial charge in [-0.15, -0.1) is 0 Å². The molecule has 1 aliphatic heterocycles. The Kier molecular flexibility index (Phi) is 3.80. The number of anilines is 1. The highest BCUT2D eigenvalue weighted by molar-refractivity contribution is 5.50. The Morgan fingerprint density at radius 1 is 1.22 bits per heavy atom. The van der Waals surface area contributed by atoms with Crippen molar-refractivity contribution >= 4 is 5.69 Å². The van der Waals surface area contributed by atoms with E-state index in [4.69, 9.17) is 0 Å². The summed E-state index contributed by atoms with van der Waals surface area (Å²) in [4.78, 5) is 1.82. The highest BCUT2D eigenvalue weighted by atomic mass is 19.2. The lowest BCUT2D eigenvalue weighted by molar-refractivity contribution is 0.396. The van der Waals surface area contributed by atoms with Gasteiger partial charge < -0.3 is 10.2 Å². The summed E-state index contributed by atoms with van der Waals surface area (Å²) in [5.41, 5.74) is 0.147. The van der Waals surface area contributed by atoms with E-state index in [0.29, 0.717) is 12.6 Å². The summed E-state index contributed by atoms with van der Waals surface area (Å²) >= 11 is 0. The first kappa shape index (κ1) is 13.2. The van der Waals surface area contributed by atoms with E-state index in [1.807, 2.05) is 18.7 Å². The highest BCUT2D eigenvalue weighted by Crippen LogP contribution is 2.26. The summed E-state index contributed by atoms with van der Waals surface area (Å²) in [6, 6.07) is 1.86. The number of rotatable bonds is 2. The first-order valence-electron chi connectivity index (χ1n) is 6.17. The van der Waals surface area contributed by atoms with Crippen LogP contribution < -0.4 is 10.2 Å². The topological polar surface area (TPSA) is 15.3 Å². The molecule has 0 spiro atoms. The largest absolute Gasteiger partial charge is 0.363 e. The lowest BCUT2D eigenvalue weighted by atomic mass is 10.1. The van der Waals surface area contributed by atoms with Gasteiger partial charge in [0.2, 0.25) is 0 Å². The maximum Gasteiger partial charge on any atom is 0.161 e. The molecular weight excluding hydrogens is 241 g/mol. The highest BCUT2D eigenvalue weighted by Gasteiger charge is 2.27. The fourth-order valence-electron chi connectivity index (χ4n) is 2.35. The normalized spacial score (nSPS) is 24.4. The molecule has 0 saturated carbocycles. The smallest absolute Gasteiger partial charge is 0.161 e. The number of nitrogens with zero attached hydrogens (tertiary/aromatic N) is 1. The van der Waals surface area contributed by atoms with E-state index in [1.54, 1.807) is 0 Å². The summed E-state index contributed by atoms with van der Waals surface area (Å²) in [6.45, 7) is 5.28. The van der Waals surface area contributed by atoms with Gasteiger partial charge in [-0.3, -0.25) is 0 Å². The van der Waals surface area contributed by atoms with Crippen LogP contribution in [0.25, 0.3) is 0 Å². The fraction of sp³-hybridized carbons (Fsp3) is 0.538. The van der Waals surface area contributed by atoms with Gasteiger partial charge in [-0.05, 0) is 13.3 Å². The van der Waals surface area contributed by atoms with Crippen molar-refractivity contribution in [2.24, 2.45) is 0 Å². The first-order chi connectivity index (χ1) is 8.52. The molecule has 0 bridgehead atoms. The van der Waals surface area contributed by atoms with Crippen LogP contribution in [0.4, 0.5) is 18.9 Å². The van der Waals surface area contributed by atoms with Crippen LogP contribution in [-0.4, -0.2) is 25.2 Å². The Morgan fingerprint density at radius 2 is 1.89 bits per heavy atom. The number of benzene rings is 1. The SMILES string of the molecule is CCC1CNC(C)CN1c1cc(F)c(F)cc1F. The van der Waals surface area contributed by atoms with Crippen molar-refractivity contribution < 1.29 is 13.2 Å². The molecule has 1 aliphatic rings. The minimum absolute atomic E-state index is 0.0977. The molecule has 1 saturated heterocycles. The Balaban J connectivity index is 2.36. The van der Waals surface area contributed by atoms with Gasteiger partial charge in [-0.25, -0.2) is 13.2 Å². The molecule has 1 fully saturated rings. The van der Waals surface area contributed by atoms with Crippen molar-refractivity contribution in [1.29, 1.82) is 0 Å². The summed E-state index contributed by atoms with van der Waals surface area (Å²) < 4.78 is 40.0. The quantitative estimate of drug-likeness (QED) is 0.820. The molecule has 2 atom stereocenters. The maximum atomic E-state index is 13.8. The number of piperazine rings is 1. The van der Waals surface area contributed by atoms with E-state index in [1.165, 1.54) is 0 Å². The first-order valence-corrected chi connectivity index (χ1v) is 6.17. The van der Waals surface area contributed by atoms with E-state index in [2.05, 4.69) is 5.32 Å². The zero-order valence-corrected chi connectivity index (χ0v) is 10.5. The van der Waals surface area contributed by atoms with Gasteiger partial charge in [-0.1, -0.05) is 6.92 Å². The molecule has 1 heterocycles. The Labute approximate surface area is 105 Å². The number of nitrogens with one attached hydrogen (secondary N) is 1. The van der Waals surface area contributed by atoms with Crippen molar-refractivity contribution in [2.45, 2.75) is 32.4 Å². The van der Waals surface area contributed by atoms with Crippen molar-refractivity contribution in [3.63, 3.8) is 0 Å². The van der Waals surface area contributed by atoms with Crippen molar-refractivity contribution in [1.82, 2.24) is 5.32 Å². The van der Waals surface area contributed by atoms with Gasteiger partial charge in [0, 0.05) is 37.3 Å². The van der Waals surface area contributed by atoms with Crippen LogP contribution >= 0.6 is 0 Å². The molecule has 1 aromatic rings. The van der Waals surface area contributed by atoms with Gasteiger partial charge in [0.15, 0.2) is 11.6 Å². The second kappa shape index (κ2) is 5.18. The molecule has 2 nitrogen and oxygen atoms in total. The molecule has 100 valence electrons. The third-order valence-electron chi connectivity index (χ3n) is 3.38. The van der Waals surface area contributed by atoms with Crippen LogP contribution in [0.5, 0.6) is 0 Å². The third kappa shape index (κ3) is 2.46. The Morgan fingerprint density at radius 3 is 2.56 bits per heavy atom. The molecule has 18 heavy (non-hydrogen) atoms. The lowest BCUT2D eigenvalue weighted by Gasteiger charge is -2.40. The number of halogens is 3. The van der Waals surface area contributed by atoms with Crippen LogP contribution in [0.15, 0.2) is 12.1 Å². The lowest BCUT2D eigenvalue weighted by Crippen LogP contribution is -2.55. The van der Waals surface area contributed by atoms with E-state index < -0.39 is 17.5 Å². The molecular formula is C13H17F3N2. The summed E-state index contributed by atoms with van der Waals surface area (Å²) in [5.74, 6) is -2.86. The third-order valence-corrected chi connectivity index (χ3v) is 3.38. The fourth-order valence-corrected chi connectivity index (χ4v) is 2.35. The van der Waals surface area contributed by atoms with Crippen LogP contribution in [0.3, 0.4) is 0 Å². The van der Waals surface area contributed by atoms with Gasteiger partial charge in [0.25, 0.3) is 0 Å². The summed E-state index contributed by atoms with van der Waals surface area (Å²) in [7, 11) is 0. The maximum absolute atomic E-state index is 13.8.